The normalized spacial score (nSPS) is 12.0. The number of benzene rings is 1. The molecule has 0 unspecified atom stereocenters. The molecule has 8 heteroatoms. The Morgan fingerprint density at radius 3 is 2.73 bits per heavy atom. The first-order chi connectivity index (χ1) is 10.6. The number of ether oxygens (including phenoxy) is 1. The van der Waals surface area contributed by atoms with E-state index in [1.807, 2.05) is 6.92 Å². The van der Waals surface area contributed by atoms with Crippen LogP contribution >= 0.6 is 12.2 Å². The van der Waals surface area contributed by atoms with Crippen molar-refractivity contribution in [2.75, 3.05) is 13.7 Å². The van der Waals surface area contributed by atoms with Gasteiger partial charge in [0.2, 0.25) is 0 Å². The van der Waals surface area contributed by atoms with Crippen LogP contribution in [0, 0.1) is 4.77 Å². The van der Waals surface area contributed by atoms with Gasteiger partial charge in [0.25, 0.3) is 5.91 Å². The lowest BCUT2D eigenvalue weighted by atomic mass is 10.2. The van der Waals surface area contributed by atoms with Gasteiger partial charge in [0, 0.05) is 12.1 Å². The molecular weight excluding hydrogens is 304 g/mol. The van der Waals surface area contributed by atoms with Crippen molar-refractivity contribution in [3.63, 3.8) is 0 Å². The van der Waals surface area contributed by atoms with Crippen LogP contribution < -0.4 is 10.1 Å². The number of amides is 1. The molecule has 0 saturated heterocycles. The zero-order chi connectivity index (χ0) is 16.1. The van der Waals surface area contributed by atoms with Crippen LogP contribution in [0.25, 0.3) is 0 Å². The molecule has 0 aliphatic rings. The van der Waals surface area contributed by atoms with Gasteiger partial charge in [0.1, 0.15) is 11.8 Å². The van der Waals surface area contributed by atoms with Crippen LogP contribution in [0.3, 0.4) is 0 Å². The fourth-order valence-corrected chi connectivity index (χ4v) is 2.35. The molecule has 0 fully saturated rings. The molecule has 1 aromatic carbocycles. The average molecular weight is 322 g/mol. The Kier molecular flexibility index (Phi) is 5.29. The maximum Gasteiger partial charge on any atom is 0.251 e. The summed E-state index contributed by atoms with van der Waals surface area (Å²) in [5.41, 5.74) is 0.469. The number of methoxy groups -OCH3 is 1. The lowest BCUT2D eigenvalue weighted by Crippen LogP contribution is -2.32. The lowest BCUT2D eigenvalue weighted by Gasteiger charge is -2.16. The number of hydrogen-bond acceptors (Lipinski definition) is 5. The number of nitrogens with one attached hydrogen (secondary N) is 2. The summed E-state index contributed by atoms with van der Waals surface area (Å²) in [6.07, 6.45) is 0. The van der Waals surface area contributed by atoms with E-state index in [1.165, 1.54) is 0 Å². The van der Waals surface area contributed by atoms with Gasteiger partial charge < -0.3 is 19.7 Å². The van der Waals surface area contributed by atoms with Crippen LogP contribution in [-0.4, -0.2) is 39.5 Å². The molecular formula is C14H18N4O3S. The van der Waals surface area contributed by atoms with Gasteiger partial charge in [-0.1, -0.05) is 0 Å². The lowest BCUT2D eigenvalue weighted by molar-refractivity contribution is 0.0911. The Labute approximate surface area is 132 Å². The van der Waals surface area contributed by atoms with Crippen LogP contribution in [0.15, 0.2) is 24.3 Å². The largest absolute Gasteiger partial charge is 0.497 e. The number of aliphatic hydroxyl groups is 1. The number of aromatic amines is 1. The monoisotopic (exact) mass is 322 g/mol. The van der Waals surface area contributed by atoms with Gasteiger partial charge in [-0.2, -0.15) is 5.10 Å². The zero-order valence-electron chi connectivity index (χ0n) is 12.4. The van der Waals surface area contributed by atoms with E-state index < -0.39 is 6.04 Å². The first kappa shape index (κ1) is 16.2. The van der Waals surface area contributed by atoms with Crippen molar-refractivity contribution in [2.45, 2.75) is 19.5 Å². The summed E-state index contributed by atoms with van der Waals surface area (Å²) in [6, 6.07) is 6.07. The summed E-state index contributed by atoms with van der Waals surface area (Å²) in [4.78, 5) is 12.3. The van der Waals surface area contributed by atoms with Gasteiger partial charge in [-0.3, -0.25) is 9.89 Å². The van der Waals surface area contributed by atoms with Crippen molar-refractivity contribution < 1.29 is 14.6 Å². The van der Waals surface area contributed by atoms with Crippen molar-refractivity contribution in [3.8, 4) is 5.75 Å². The first-order valence-corrected chi connectivity index (χ1v) is 7.22. The molecule has 1 heterocycles. The Morgan fingerprint density at radius 1 is 1.50 bits per heavy atom. The second-order valence-electron chi connectivity index (χ2n) is 4.57. The molecule has 2 aromatic rings. The third kappa shape index (κ3) is 3.34. The van der Waals surface area contributed by atoms with Crippen molar-refractivity contribution in [3.05, 3.63) is 40.4 Å². The molecule has 0 bridgehead atoms. The molecule has 0 aliphatic heterocycles. The summed E-state index contributed by atoms with van der Waals surface area (Å²) in [7, 11) is 1.56. The third-order valence-electron chi connectivity index (χ3n) is 3.26. The minimum Gasteiger partial charge on any atom is -0.497 e. The molecule has 7 nitrogen and oxygen atoms in total. The zero-order valence-corrected chi connectivity index (χ0v) is 13.2. The molecule has 0 aliphatic carbocycles. The predicted molar refractivity (Wildman–Crippen MR) is 83.4 cm³/mol. The standard InChI is InChI=1S/C14H18N4O3S/c1-3-18-12(16-17-14(18)22)11(8-19)15-13(20)9-4-6-10(21-2)7-5-9/h4-7,11,19H,3,8H2,1-2H3,(H,15,20)(H,17,22)/t11-/m0/s1. The number of hydrogen-bond donors (Lipinski definition) is 3. The number of aromatic nitrogens is 3. The number of nitrogens with zero attached hydrogens (tertiary/aromatic N) is 2. The Balaban J connectivity index is 2.18. The van der Waals surface area contributed by atoms with E-state index in [1.54, 1.807) is 35.9 Å². The van der Waals surface area contributed by atoms with Gasteiger partial charge in [0.15, 0.2) is 10.6 Å². The van der Waals surface area contributed by atoms with Crippen molar-refractivity contribution in [2.24, 2.45) is 0 Å². The highest BCUT2D eigenvalue weighted by Gasteiger charge is 2.20. The molecule has 0 spiro atoms. The van der Waals surface area contributed by atoms with Crippen LogP contribution in [0.4, 0.5) is 0 Å². The van der Waals surface area contributed by atoms with E-state index in [0.717, 1.165) is 0 Å². The van der Waals surface area contributed by atoms with Crippen LogP contribution in [-0.2, 0) is 6.54 Å². The quantitative estimate of drug-likeness (QED) is 0.700. The number of carbonyl (C=O) groups is 1. The van der Waals surface area contributed by atoms with Crippen LogP contribution in [0.1, 0.15) is 29.1 Å². The predicted octanol–water partition coefficient (Wildman–Crippen LogP) is 1.43. The van der Waals surface area contributed by atoms with Crippen molar-refractivity contribution in [1.29, 1.82) is 0 Å². The Bertz CT molecular complexity index is 693. The van der Waals surface area contributed by atoms with Gasteiger partial charge in [-0.25, -0.2) is 0 Å². The second kappa shape index (κ2) is 7.19. The van der Waals surface area contributed by atoms with E-state index in [9.17, 15) is 9.90 Å². The third-order valence-corrected chi connectivity index (χ3v) is 3.57. The summed E-state index contributed by atoms with van der Waals surface area (Å²) in [5, 5.41) is 19.0. The van der Waals surface area contributed by atoms with Crippen LogP contribution in [0.2, 0.25) is 0 Å². The summed E-state index contributed by atoms with van der Waals surface area (Å²) in [6.45, 7) is 2.23. The Morgan fingerprint density at radius 2 is 2.18 bits per heavy atom. The molecule has 22 heavy (non-hydrogen) atoms. The van der Waals surface area contributed by atoms with E-state index in [4.69, 9.17) is 17.0 Å². The van der Waals surface area contributed by atoms with Crippen LogP contribution in [0.5, 0.6) is 5.75 Å². The average Bonchev–Trinajstić information content (AvgIpc) is 2.93. The molecule has 0 radical (unpaired) electrons. The number of aliphatic hydroxyl groups excluding tert-OH is 1. The minimum atomic E-state index is -0.637. The minimum absolute atomic E-state index is 0.276. The molecule has 1 amide bonds. The van der Waals surface area contributed by atoms with Gasteiger partial charge in [-0.05, 0) is 43.4 Å². The van der Waals surface area contributed by atoms with E-state index in [-0.39, 0.29) is 12.5 Å². The number of H-pyrrole nitrogens is 1. The SMILES string of the molecule is CCn1c([C@H](CO)NC(=O)c2ccc(OC)cc2)n[nH]c1=S. The fraction of sp³-hybridized carbons (Fsp3) is 0.357. The molecule has 118 valence electrons. The van der Waals surface area contributed by atoms with E-state index in [0.29, 0.717) is 28.5 Å². The van der Waals surface area contributed by atoms with Gasteiger partial charge in [0.05, 0.1) is 13.7 Å². The maximum absolute atomic E-state index is 12.3. The molecule has 0 saturated carbocycles. The van der Waals surface area contributed by atoms with Gasteiger partial charge in [-0.15, -0.1) is 0 Å². The maximum atomic E-state index is 12.3. The first-order valence-electron chi connectivity index (χ1n) is 6.81. The molecule has 1 aromatic heterocycles. The summed E-state index contributed by atoms with van der Waals surface area (Å²) < 4.78 is 7.23. The summed E-state index contributed by atoms with van der Waals surface area (Å²) in [5.74, 6) is 0.859. The second-order valence-corrected chi connectivity index (χ2v) is 4.96. The van der Waals surface area contributed by atoms with Gasteiger partial charge >= 0.3 is 0 Å². The smallest absolute Gasteiger partial charge is 0.251 e. The highest BCUT2D eigenvalue weighted by Crippen LogP contribution is 2.14. The highest BCUT2D eigenvalue weighted by molar-refractivity contribution is 7.71. The number of carbonyl (C=O) groups excluding carboxylic acids is 1. The Hall–Kier alpha value is -2.19. The van der Waals surface area contributed by atoms with Crippen molar-refractivity contribution in [1.82, 2.24) is 20.1 Å². The van der Waals surface area contributed by atoms with E-state index >= 15 is 0 Å². The molecule has 1 atom stereocenters. The summed E-state index contributed by atoms with van der Waals surface area (Å²) >= 11 is 5.11. The highest BCUT2D eigenvalue weighted by atomic mass is 32.1. The molecule has 3 N–H and O–H groups in total. The number of rotatable bonds is 6. The fourth-order valence-electron chi connectivity index (χ4n) is 2.08. The van der Waals surface area contributed by atoms with Crippen molar-refractivity contribution >= 4 is 18.1 Å². The topological polar surface area (TPSA) is 92.2 Å². The molecule has 2 rings (SSSR count). The van der Waals surface area contributed by atoms with E-state index in [2.05, 4.69) is 15.5 Å².